The minimum atomic E-state index is 0.158. The summed E-state index contributed by atoms with van der Waals surface area (Å²) in [5, 5.41) is 18.6. The summed E-state index contributed by atoms with van der Waals surface area (Å²) in [4.78, 5) is 17.6. The number of nitrogen functional groups attached to an aromatic ring is 1. The fourth-order valence-corrected chi connectivity index (χ4v) is 4.27. The first-order valence-corrected chi connectivity index (χ1v) is 11.8. The van der Waals surface area contributed by atoms with Gasteiger partial charge in [-0.15, -0.1) is 10.2 Å². The third-order valence-electron chi connectivity index (χ3n) is 6.24. The van der Waals surface area contributed by atoms with Gasteiger partial charge in [-0.25, -0.2) is 15.0 Å². The number of aromatic nitrogens is 6. The van der Waals surface area contributed by atoms with Crippen LogP contribution in [0.2, 0.25) is 0 Å². The molecule has 0 amide bonds. The number of hydrogen-bond acceptors (Lipinski definition) is 9. The molecular weight excluding hydrogens is 454 g/mol. The van der Waals surface area contributed by atoms with Crippen LogP contribution in [0.25, 0.3) is 11.3 Å². The molecule has 1 fully saturated rings. The number of phenolic OH excluding ortho intramolecular Hbond substituents is 1. The molecule has 0 radical (unpaired) electrons. The average molecular weight is 482 g/mol. The van der Waals surface area contributed by atoms with E-state index in [-0.39, 0.29) is 11.8 Å². The van der Waals surface area contributed by atoms with Gasteiger partial charge in [-0.05, 0) is 43.5 Å². The number of phenols is 1. The molecule has 0 spiro atoms. The molecule has 0 aliphatic carbocycles. The van der Waals surface area contributed by atoms with Gasteiger partial charge in [0.2, 0.25) is 5.82 Å². The van der Waals surface area contributed by atoms with E-state index in [9.17, 15) is 5.11 Å². The SMILES string of the molecule is C[C@H]1CCN(c2cc(-c3ccccc3O)nnc2N)CCN1c1ccnc(C#CCn2ccnc2)n1. The highest BCUT2D eigenvalue weighted by molar-refractivity contribution is 5.74. The Balaban J connectivity index is 1.33. The van der Waals surface area contributed by atoms with Crippen molar-refractivity contribution >= 4 is 17.3 Å². The maximum atomic E-state index is 10.3. The smallest absolute Gasteiger partial charge is 0.206 e. The van der Waals surface area contributed by atoms with Crippen LogP contribution in [0, 0.1) is 11.8 Å². The minimum absolute atomic E-state index is 0.158. The molecule has 0 bridgehead atoms. The summed E-state index contributed by atoms with van der Waals surface area (Å²) in [5.41, 5.74) is 8.26. The zero-order valence-corrected chi connectivity index (χ0v) is 20.0. The van der Waals surface area contributed by atoms with Crippen molar-refractivity contribution in [1.29, 1.82) is 0 Å². The summed E-state index contributed by atoms with van der Waals surface area (Å²) in [7, 11) is 0. The first-order chi connectivity index (χ1) is 17.6. The maximum Gasteiger partial charge on any atom is 0.206 e. The highest BCUT2D eigenvalue weighted by Gasteiger charge is 2.24. The van der Waals surface area contributed by atoms with Crippen LogP contribution in [0.5, 0.6) is 5.75 Å². The lowest BCUT2D eigenvalue weighted by atomic mass is 10.1. The lowest BCUT2D eigenvalue weighted by Crippen LogP contribution is -2.35. The molecule has 4 heterocycles. The quantitative estimate of drug-likeness (QED) is 0.424. The number of para-hydroxylation sites is 1. The van der Waals surface area contributed by atoms with Crippen LogP contribution in [0.4, 0.5) is 17.3 Å². The molecule has 1 saturated heterocycles. The van der Waals surface area contributed by atoms with E-state index in [0.717, 1.165) is 37.6 Å². The number of aromatic hydroxyl groups is 1. The van der Waals surface area contributed by atoms with E-state index < -0.39 is 0 Å². The summed E-state index contributed by atoms with van der Waals surface area (Å²) < 4.78 is 1.90. The number of anilines is 3. The number of nitrogens with zero attached hydrogens (tertiary/aromatic N) is 8. The summed E-state index contributed by atoms with van der Waals surface area (Å²) in [6.07, 6.45) is 7.98. The number of benzene rings is 1. The normalized spacial score (nSPS) is 15.8. The Hall–Kier alpha value is -4.65. The van der Waals surface area contributed by atoms with Gasteiger partial charge in [0.1, 0.15) is 11.6 Å². The van der Waals surface area contributed by atoms with Crippen molar-refractivity contribution in [2.45, 2.75) is 25.9 Å². The highest BCUT2D eigenvalue weighted by atomic mass is 16.3. The minimum Gasteiger partial charge on any atom is -0.507 e. The van der Waals surface area contributed by atoms with Gasteiger partial charge < -0.3 is 25.2 Å². The predicted octanol–water partition coefficient (Wildman–Crippen LogP) is 2.57. The molecule has 10 nitrogen and oxygen atoms in total. The maximum absolute atomic E-state index is 10.3. The van der Waals surface area contributed by atoms with E-state index in [0.29, 0.717) is 29.4 Å². The lowest BCUT2D eigenvalue weighted by Gasteiger charge is -2.28. The third kappa shape index (κ3) is 5.05. The van der Waals surface area contributed by atoms with E-state index in [1.165, 1.54) is 0 Å². The van der Waals surface area contributed by atoms with Gasteiger partial charge >= 0.3 is 0 Å². The van der Waals surface area contributed by atoms with Gasteiger partial charge in [0.15, 0.2) is 5.82 Å². The second kappa shape index (κ2) is 10.3. The van der Waals surface area contributed by atoms with Crippen LogP contribution < -0.4 is 15.5 Å². The van der Waals surface area contributed by atoms with Gasteiger partial charge in [0.25, 0.3) is 0 Å². The van der Waals surface area contributed by atoms with Crippen LogP contribution in [0.1, 0.15) is 19.2 Å². The lowest BCUT2D eigenvalue weighted by molar-refractivity contribution is 0.477. The molecule has 0 saturated carbocycles. The van der Waals surface area contributed by atoms with Crippen LogP contribution in [0.15, 0.2) is 61.3 Å². The first kappa shape index (κ1) is 23.1. The van der Waals surface area contributed by atoms with Crippen molar-refractivity contribution < 1.29 is 5.11 Å². The molecule has 1 aliphatic heterocycles. The molecule has 0 unspecified atom stereocenters. The second-order valence-electron chi connectivity index (χ2n) is 8.61. The molecule has 36 heavy (non-hydrogen) atoms. The van der Waals surface area contributed by atoms with Crippen LogP contribution in [-0.4, -0.2) is 60.5 Å². The van der Waals surface area contributed by atoms with Crippen molar-refractivity contribution in [2.75, 3.05) is 35.2 Å². The van der Waals surface area contributed by atoms with Gasteiger partial charge in [0.05, 0.1) is 24.3 Å². The van der Waals surface area contributed by atoms with Crippen molar-refractivity contribution in [3.05, 3.63) is 67.1 Å². The van der Waals surface area contributed by atoms with Gasteiger partial charge in [0, 0.05) is 49.8 Å². The monoisotopic (exact) mass is 481 g/mol. The van der Waals surface area contributed by atoms with Crippen molar-refractivity contribution in [2.24, 2.45) is 0 Å². The topological polar surface area (TPSA) is 122 Å². The molecule has 5 rings (SSSR count). The van der Waals surface area contributed by atoms with Crippen molar-refractivity contribution in [3.63, 3.8) is 0 Å². The number of nitrogens with two attached hydrogens (primary N) is 1. The van der Waals surface area contributed by atoms with E-state index in [2.05, 4.69) is 48.7 Å². The Kier molecular flexibility index (Phi) is 6.62. The molecule has 1 aliphatic rings. The summed E-state index contributed by atoms with van der Waals surface area (Å²) in [5.74, 6) is 8.01. The van der Waals surface area contributed by atoms with Gasteiger partial charge in [-0.2, -0.15) is 0 Å². The highest BCUT2D eigenvalue weighted by Crippen LogP contribution is 2.32. The van der Waals surface area contributed by atoms with E-state index in [1.807, 2.05) is 35.0 Å². The molecule has 1 atom stereocenters. The van der Waals surface area contributed by atoms with Crippen molar-refractivity contribution in [3.8, 4) is 28.8 Å². The first-order valence-electron chi connectivity index (χ1n) is 11.8. The Morgan fingerprint density at radius 3 is 2.83 bits per heavy atom. The molecule has 182 valence electrons. The molecule has 10 heteroatoms. The average Bonchev–Trinajstić information content (AvgIpc) is 3.33. The predicted molar refractivity (Wildman–Crippen MR) is 138 cm³/mol. The molecule has 1 aromatic carbocycles. The molecule has 4 aromatic rings. The largest absolute Gasteiger partial charge is 0.507 e. The fraction of sp³-hybridized carbons (Fsp3) is 0.269. The molecule has 3 N–H and O–H groups in total. The zero-order valence-electron chi connectivity index (χ0n) is 20.0. The summed E-state index contributed by atoms with van der Waals surface area (Å²) in [6.45, 7) is 5.00. The fourth-order valence-electron chi connectivity index (χ4n) is 4.27. The summed E-state index contributed by atoms with van der Waals surface area (Å²) >= 11 is 0. The number of imidazole rings is 1. The number of hydrogen-bond donors (Lipinski definition) is 2. The van der Waals surface area contributed by atoms with Gasteiger partial charge in [-0.1, -0.05) is 18.1 Å². The second-order valence-corrected chi connectivity index (χ2v) is 8.61. The Morgan fingerprint density at radius 2 is 2.00 bits per heavy atom. The zero-order chi connectivity index (χ0) is 24.9. The molecule has 3 aromatic heterocycles. The Morgan fingerprint density at radius 1 is 1.11 bits per heavy atom. The van der Waals surface area contributed by atoms with E-state index in [1.54, 1.807) is 30.9 Å². The van der Waals surface area contributed by atoms with Crippen LogP contribution in [0.3, 0.4) is 0 Å². The standard InChI is InChI=1S/C26H27N9O/c1-19-9-13-34(22-17-21(31-32-26(22)27)20-5-2-3-6-23(20)36)15-16-35(19)25-8-10-29-24(30-25)7-4-12-33-14-11-28-18-33/h2-3,5-6,8,10-11,14,17-19,36H,9,12-13,15-16H2,1H3,(H2,27,32)/t19-/m0/s1. The number of rotatable bonds is 4. The van der Waals surface area contributed by atoms with Crippen LogP contribution in [-0.2, 0) is 6.54 Å². The third-order valence-corrected chi connectivity index (χ3v) is 6.24. The Bertz CT molecular complexity index is 1390. The molecular formula is C26H27N9O. The Labute approximate surface area is 209 Å². The van der Waals surface area contributed by atoms with Crippen LogP contribution >= 0.6 is 0 Å². The van der Waals surface area contributed by atoms with Crippen molar-refractivity contribution in [1.82, 2.24) is 29.7 Å². The van der Waals surface area contributed by atoms with E-state index >= 15 is 0 Å². The van der Waals surface area contributed by atoms with E-state index in [4.69, 9.17) is 10.7 Å². The summed E-state index contributed by atoms with van der Waals surface area (Å²) in [6, 6.07) is 11.2. The van der Waals surface area contributed by atoms with Gasteiger partial charge in [-0.3, -0.25) is 0 Å².